The summed E-state index contributed by atoms with van der Waals surface area (Å²) in [6.07, 6.45) is 4.30. The van der Waals surface area contributed by atoms with Gasteiger partial charge in [-0.3, -0.25) is 9.59 Å². The van der Waals surface area contributed by atoms with Crippen molar-refractivity contribution in [2.75, 3.05) is 13.2 Å². The van der Waals surface area contributed by atoms with Crippen molar-refractivity contribution in [3.63, 3.8) is 0 Å². The molecule has 1 N–H and O–H groups in total. The third-order valence-electron chi connectivity index (χ3n) is 2.76. The second-order valence-corrected chi connectivity index (χ2v) is 6.94. The summed E-state index contributed by atoms with van der Waals surface area (Å²) < 4.78 is 4.77. The molecule has 0 aliphatic carbocycles. The van der Waals surface area contributed by atoms with Crippen LogP contribution in [0.5, 0.6) is 0 Å². The number of nitrogens with one attached hydrogen (secondary N) is 1. The molecule has 1 amide bonds. The molecule has 0 bridgehead atoms. The third kappa shape index (κ3) is 5.52. The van der Waals surface area contributed by atoms with Gasteiger partial charge in [0.15, 0.2) is 0 Å². The Morgan fingerprint density at radius 1 is 1.28 bits per heavy atom. The molecule has 0 aromatic rings. The summed E-state index contributed by atoms with van der Waals surface area (Å²) in [6, 6.07) is 0. The highest BCUT2D eigenvalue weighted by molar-refractivity contribution is 8.77. The monoisotopic (exact) mass is 291 g/mol. The van der Waals surface area contributed by atoms with Gasteiger partial charge >= 0.3 is 5.97 Å². The average Bonchev–Trinajstić information content (AvgIpc) is 2.61. The van der Waals surface area contributed by atoms with Crippen molar-refractivity contribution in [2.24, 2.45) is 0 Å². The van der Waals surface area contributed by atoms with Gasteiger partial charge in [-0.15, -0.1) is 0 Å². The maximum atomic E-state index is 11.9. The molecule has 2 unspecified atom stereocenters. The van der Waals surface area contributed by atoms with E-state index < -0.39 is 0 Å². The maximum absolute atomic E-state index is 11.9. The SMILES string of the molecule is CCOC(=O)CNC(=O)C1CCCC(CC)SS1. The number of carbonyl (C=O) groups is 2. The molecule has 2 atom stereocenters. The van der Waals surface area contributed by atoms with Gasteiger partial charge in [0.1, 0.15) is 6.54 Å². The molecule has 18 heavy (non-hydrogen) atoms. The molecule has 6 heteroatoms. The van der Waals surface area contributed by atoms with E-state index >= 15 is 0 Å². The molecule has 1 aliphatic rings. The van der Waals surface area contributed by atoms with Crippen LogP contribution in [0.2, 0.25) is 0 Å². The topological polar surface area (TPSA) is 55.4 Å². The highest BCUT2D eigenvalue weighted by atomic mass is 33.1. The van der Waals surface area contributed by atoms with Crippen molar-refractivity contribution in [1.82, 2.24) is 5.32 Å². The Kier molecular flexibility index (Phi) is 7.58. The van der Waals surface area contributed by atoms with E-state index in [1.165, 1.54) is 6.42 Å². The molecule has 1 saturated heterocycles. The van der Waals surface area contributed by atoms with Crippen LogP contribution in [0, 0.1) is 0 Å². The van der Waals surface area contributed by atoms with Crippen LogP contribution >= 0.6 is 21.6 Å². The molecule has 104 valence electrons. The van der Waals surface area contributed by atoms with Gasteiger partial charge in [0.2, 0.25) is 5.91 Å². The van der Waals surface area contributed by atoms with E-state index in [0.717, 1.165) is 19.3 Å². The fourth-order valence-electron chi connectivity index (χ4n) is 1.70. The molecule has 0 radical (unpaired) electrons. The van der Waals surface area contributed by atoms with Crippen molar-refractivity contribution >= 4 is 33.5 Å². The lowest BCUT2D eigenvalue weighted by atomic mass is 10.1. The van der Waals surface area contributed by atoms with Gasteiger partial charge in [-0.25, -0.2) is 0 Å². The summed E-state index contributed by atoms with van der Waals surface area (Å²) in [5.74, 6) is -0.416. The molecule has 1 fully saturated rings. The van der Waals surface area contributed by atoms with E-state index in [1.54, 1.807) is 28.5 Å². The first-order chi connectivity index (χ1) is 8.67. The fourth-order valence-corrected chi connectivity index (χ4v) is 4.95. The first-order valence-electron chi connectivity index (χ1n) is 6.42. The van der Waals surface area contributed by atoms with Crippen LogP contribution in [0.4, 0.5) is 0 Å². The Balaban J connectivity index is 2.30. The van der Waals surface area contributed by atoms with E-state index in [-0.39, 0.29) is 23.7 Å². The fraction of sp³-hybridized carbons (Fsp3) is 0.833. The Morgan fingerprint density at radius 2 is 2.06 bits per heavy atom. The lowest BCUT2D eigenvalue weighted by Gasteiger charge is -2.13. The van der Waals surface area contributed by atoms with Gasteiger partial charge in [0, 0.05) is 5.25 Å². The first kappa shape index (κ1) is 15.7. The lowest BCUT2D eigenvalue weighted by molar-refractivity contribution is -0.143. The molecule has 0 aromatic carbocycles. The molecule has 4 nitrogen and oxygen atoms in total. The lowest BCUT2D eigenvalue weighted by Crippen LogP contribution is -2.36. The molecule has 1 heterocycles. The van der Waals surface area contributed by atoms with Crippen LogP contribution in [-0.4, -0.2) is 35.5 Å². The van der Waals surface area contributed by atoms with E-state index in [9.17, 15) is 9.59 Å². The zero-order chi connectivity index (χ0) is 13.4. The van der Waals surface area contributed by atoms with Gasteiger partial charge in [-0.2, -0.15) is 0 Å². The standard InChI is InChI=1S/C12H21NO3S2/c1-3-9-6-5-7-10(18-17-9)12(15)13-8-11(14)16-4-2/h9-10H,3-8H2,1-2H3,(H,13,15). The van der Waals surface area contributed by atoms with Crippen molar-refractivity contribution < 1.29 is 14.3 Å². The zero-order valence-corrected chi connectivity index (χ0v) is 12.6. The summed E-state index contributed by atoms with van der Waals surface area (Å²) in [5.41, 5.74) is 0. The minimum Gasteiger partial charge on any atom is -0.465 e. The minimum absolute atomic E-state index is 0.0222. The smallest absolute Gasteiger partial charge is 0.325 e. The Bertz CT molecular complexity index is 286. The summed E-state index contributed by atoms with van der Waals surface area (Å²) in [4.78, 5) is 23.0. The van der Waals surface area contributed by atoms with E-state index in [1.807, 2.05) is 0 Å². The maximum Gasteiger partial charge on any atom is 0.325 e. The van der Waals surface area contributed by atoms with E-state index in [2.05, 4.69) is 12.2 Å². The normalized spacial score (nSPS) is 24.1. The summed E-state index contributed by atoms with van der Waals surface area (Å²) in [7, 11) is 3.45. The predicted molar refractivity (Wildman–Crippen MR) is 76.5 cm³/mol. The van der Waals surface area contributed by atoms with Gasteiger partial charge in [-0.05, 0) is 26.2 Å². The van der Waals surface area contributed by atoms with Crippen molar-refractivity contribution in [2.45, 2.75) is 50.0 Å². The first-order valence-corrected chi connectivity index (χ1v) is 8.70. The van der Waals surface area contributed by atoms with Crippen molar-refractivity contribution in [1.29, 1.82) is 0 Å². The van der Waals surface area contributed by atoms with Crippen LogP contribution in [0.1, 0.15) is 39.5 Å². The van der Waals surface area contributed by atoms with Crippen molar-refractivity contribution in [3.8, 4) is 0 Å². The molecule has 1 rings (SSSR count). The second kappa shape index (κ2) is 8.69. The summed E-state index contributed by atoms with van der Waals surface area (Å²) in [6.45, 7) is 4.26. The number of rotatable bonds is 5. The van der Waals surface area contributed by atoms with Gasteiger partial charge < -0.3 is 10.1 Å². The van der Waals surface area contributed by atoms with Crippen LogP contribution in [-0.2, 0) is 14.3 Å². The van der Waals surface area contributed by atoms with Crippen LogP contribution < -0.4 is 5.32 Å². The number of esters is 1. The number of ether oxygens (including phenoxy) is 1. The largest absolute Gasteiger partial charge is 0.465 e. The number of carbonyl (C=O) groups excluding carboxylic acids is 2. The van der Waals surface area contributed by atoms with Crippen LogP contribution in [0.15, 0.2) is 0 Å². The number of hydrogen-bond donors (Lipinski definition) is 1. The highest BCUT2D eigenvalue weighted by Gasteiger charge is 2.25. The van der Waals surface area contributed by atoms with E-state index in [0.29, 0.717) is 11.9 Å². The Labute approximate surface area is 116 Å². The number of amides is 1. The average molecular weight is 291 g/mol. The van der Waals surface area contributed by atoms with Gasteiger partial charge in [0.25, 0.3) is 0 Å². The van der Waals surface area contributed by atoms with E-state index in [4.69, 9.17) is 4.74 Å². The minimum atomic E-state index is -0.372. The summed E-state index contributed by atoms with van der Waals surface area (Å²) in [5, 5.41) is 3.26. The Morgan fingerprint density at radius 3 is 2.72 bits per heavy atom. The third-order valence-corrected chi connectivity index (χ3v) is 6.24. The second-order valence-electron chi connectivity index (χ2n) is 4.17. The van der Waals surface area contributed by atoms with Crippen LogP contribution in [0.3, 0.4) is 0 Å². The molecule has 0 spiro atoms. The quantitative estimate of drug-likeness (QED) is 0.622. The molecular weight excluding hydrogens is 270 g/mol. The molecule has 0 aromatic heterocycles. The predicted octanol–water partition coefficient (Wildman–Crippen LogP) is 2.38. The van der Waals surface area contributed by atoms with Gasteiger partial charge in [-0.1, -0.05) is 34.9 Å². The molecule has 0 saturated carbocycles. The van der Waals surface area contributed by atoms with Gasteiger partial charge in [0.05, 0.1) is 11.9 Å². The number of hydrogen-bond acceptors (Lipinski definition) is 5. The molecule has 1 aliphatic heterocycles. The highest BCUT2D eigenvalue weighted by Crippen LogP contribution is 2.40. The zero-order valence-electron chi connectivity index (χ0n) is 10.9. The Hall–Kier alpha value is -0.360. The molecular formula is C12H21NO3S2. The van der Waals surface area contributed by atoms with Crippen LogP contribution in [0.25, 0.3) is 0 Å². The summed E-state index contributed by atoms with van der Waals surface area (Å²) >= 11 is 0. The van der Waals surface area contributed by atoms with Crippen molar-refractivity contribution in [3.05, 3.63) is 0 Å².